The molecule has 0 aliphatic carbocycles. The summed E-state index contributed by atoms with van der Waals surface area (Å²) in [6, 6.07) is 7.03. The quantitative estimate of drug-likeness (QED) is 0.852. The summed E-state index contributed by atoms with van der Waals surface area (Å²) in [5.74, 6) is 0.496. The van der Waals surface area contributed by atoms with Gasteiger partial charge < -0.3 is 15.1 Å². The second-order valence-corrected chi connectivity index (χ2v) is 7.89. The van der Waals surface area contributed by atoms with Crippen LogP contribution in [-0.4, -0.2) is 59.7 Å². The zero-order valence-electron chi connectivity index (χ0n) is 14.5. The highest BCUT2D eigenvalue weighted by Gasteiger charge is 2.43. The summed E-state index contributed by atoms with van der Waals surface area (Å²) in [4.78, 5) is 40.5. The first-order valence-corrected chi connectivity index (χ1v) is 9.52. The first kappa shape index (κ1) is 17.3. The van der Waals surface area contributed by atoms with E-state index < -0.39 is 0 Å². The minimum absolute atomic E-state index is 0.00835. The molecular formula is C19H22ClN3O3. The molecule has 3 amide bonds. The standard InChI is InChI=1S/C19H22ClN3O3/c20-15-3-1-12(2-4-15)18(25)22-7-5-13(6-8-22)19(26)23-10-14-9-17(24)21-16(14)11-23/h1-4,13-14,16H,5-11H2,(H,21,24)/t14-,16+/m0/s1. The monoisotopic (exact) mass is 375 g/mol. The van der Waals surface area contributed by atoms with Gasteiger partial charge in [-0.25, -0.2) is 0 Å². The molecule has 1 aromatic rings. The molecule has 7 heteroatoms. The molecule has 4 rings (SSSR count). The van der Waals surface area contributed by atoms with Crippen molar-refractivity contribution in [2.75, 3.05) is 26.2 Å². The van der Waals surface area contributed by atoms with Crippen LogP contribution in [0.1, 0.15) is 29.6 Å². The molecule has 0 bridgehead atoms. The maximum atomic E-state index is 12.8. The molecule has 26 heavy (non-hydrogen) atoms. The number of carbonyl (C=O) groups is 3. The highest BCUT2D eigenvalue weighted by Crippen LogP contribution is 2.29. The van der Waals surface area contributed by atoms with E-state index in [-0.39, 0.29) is 35.6 Å². The number of piperidine rings is 1. The molecule has 3 saturated heterocycles. The summed E-state index contributed by atoms with van der Waals surface area (Å²) in [6.07, 6.45) is 1.91. The van der Waals surface area contributed by atoms with Gasteiger partial charge in [0.25, 0.3) is 5.91 Å². The first-order chi connectivity index (χ1) is 12.5. The maximum absolute atomic E-state index is 12.8. The van der Waals surface area contributed by atoms with Crippen LogP contribution < -0.4 is 5.32 Å². The van der Waals surface area contributed by atoms with E-state index in [2.05, 4.69) is 5.32 Å². The number of fused-ring (bicyclic) bond motifs is 1. The summed E-state index contributed by atoms with van der Waals surface area (Å²) in [5.41, 5.74) is 0.627. The molecule has 0 aromatic heterocycles. The number of hydrogen-bond acceptors (Lipinski definition) is 3. The van der Waals surface area contributed by atoms with Crippen LogP contribution >= 0.6 is 11.6 Å². The van der Waals surface area contributed by atoms with Crippen molar-refractivity contribution in [1.82, 2.24) is 15.1 Å². The Kier molecular flexibility index (Phi) is 4.61. The van der Waals surface area contributed by atoms with Gasteiger partial charge in [-0.05, 0) is 37.1 Å². The van der Waals surface area contributed by atoms with Gasteiger partial charge in [0, 0.05) is 55.0 Å². The van der Waals surface area contributed by atoms with E-state index in [1.807, 2.05) is 9.80 Å². The number of hydrogen-bond donors (Lipinski definition) is 1. The van der Waals surface area contributed by atoms with E-state index in [0.717, 1.165) is 0 Å². The van der Waals surface area contributed by atoms with Crippen molar-refractivity contribution in [2.45, 2.75) is 25.3 Å². The molecule has 6 nitrogen and oxygen atoms in total. The Hall–Kier alpha value is -2.08. The van der Waals surface area contributed by atoms with Crippen LogP contribution in [0.4, 0.5) is 0 Å². The molecule has 3 fully saturated rings. The molecule has 1 N–H and O–H groups in total. The third kappa shape index (κ3) is 3.30. The van der Waals surface area contributed by atoms with E-state index in [1.54, 1.807) is 24.3 Å². The third-order valence-corrected chi connectivity index (χ3v) is 6.02. The fourth-order valence-corrected chi connectivity index (χ4v) is 4.41. The SMILES string of the molecule is O=C1C[C@H]2CN(C(=O)C3CCN(C(=O)c4ccc(Cl)cc4)CC3)C[C@H]2N1. The molecule has 3 aliphatic rings. The van der Waals surface area contributed by atoms with Crippen molar-refractivity contribution in [3.8, 4) is 0 Å². The Bertz CT molecular complexity index is 712. The van der Waals surface area contributed by atoms with Crippen LogP contribution in [0.5, 0.6) is 0 Å². The summed E-state index contributed by atoms with van der Waals surface area (Å²) < 4.78 is 0. The Morgan fingerprint density at radius 1 is 1.04 bits per heavy atom. The van der Waals surface area contributed by atoms with Crippen LogP contribution in [0.25, 0.3) is 0 Å². The number of likely N-dealkylation sites (tertiary alicyclic amines) is 2. The summed E-state index contributed by atoms with van der Waals surface area (Å²) in [5, 5.41) is 3.56. The van der Waals surface area contributed by atoms with E-state index in [1.165, 1.54) is 0 Å². The molecule has 0 saturated carbocycles. The Balaban J connectivity index is 1.31. The van der Waals surface area contributed by atoms with Gasteiger partial charge in [-0.15, -0.1) is 0 Å². The van der Waals surface area contributed by atoms with Crippen molar-refractivity contribution in [3.63, 3.8) is 0 Å². The number of rotatable bonds is 2. The number of carbonyl (C=O) groups excluding carboxylic acids is 3. The molecule has 0 unspecified atom stereocenters. The number of amides is 3. The highest BCUT2D eigenvalue weighted by atomic mass is 35.5. The summed E-state index contributed by atoms with van der Waals surface area (Å²) >= 11 is 5.87. The lowest BCUT2D eigenvalue weighted by Crippen LogP contribution is -2.44. The summed E-state index contributed by atoms with van der Waals surface area (Å²) in [7, 11) is 0. The molecular weight excluding hydrogens is 354 g/mol. The molecule has 0 spiro atoms. The zero-order chi connectivity index (χ0) is 18.3. The zero-order valence-corrected chi connectivity index (χ0v) is 15.2. The number of benzene rings is 1. The fourth-order valence-electron chi connectivity index (χ4n) is 4.29. The second-order valence-electron chi connectivity index (χ2n) is 7.45. The topological polar surface area (TPSA) is 69.7 Å². The first-order valence-electron chi connectivity index (χ1n) is 9.14. The van der Waals surface area contributed by atoms with Crippen molar-refractivity contribution in [2.24, 2.45) is 11.8 Å². The number of halogens is 1. The van der Waals surface area contributed by atoms with Gasteiger partial charge in [-0.3, -0.25) is 14.4 Å². The normalized spacial score (nSPS) is 26.0. The van der Waals surface area contributed by atoms with E-state index in [0.29, 0.717) is 56.0 Å². The van der Waals surface area contributed by atoms with Crippen LogP contribution in [0.3, 0.4) is 0 Å². The molecule has 1 aromatic carbocycles. The predicted molar refractivity (Wildman–Crippen MR) is 96.7 cm³/mol. The van der Waals surface area contributed by atoms with Crippen molar-refractivity contribution in [3.05, 3.63) is 34.9 Å². The smallest absolute Gasteiger partial charge is 0.253 e. The van der Waals surface area contributed by atoms with E-state index in [9.17, 15) is 14.4 Å². The van der Waals surface area contributed by atoms with E-state index in [4.69, 9.17) is 11.6 Å². The summed E-state index contributed by atoms with van der Waals surface area (Å²) in [6.45, 7) is 2.48. The Labute approximate surface area is 157 Å². The Morgan fingerprint density at radius 2 is 1.73 bits per heavy atom. The average Bonchev–Trinajstić information content (AvgIpc) is 3.19. The van der Waals surface area contributed by atoms with Crippen molar-refractivity contribution in [1.29, 1.82) is 0 Å². The third-order valence-electron chi connectivity index (χ3n) is 5.77. The lowest BCUT2D eigenvalue weighted by molar-refractivity contribution is -0.136. The lowest BCUT2D eigenvalue weighted by Gasteiger charge is -2.33. The van der Waals surface area contributed by atoms with Crippen LogP contribution in [0.15, 0.2) is 24.3 Å². The van der Waals surface area contributed by atoms with Gasteiger partial charge in [0.1, 0.15) is 0 Å². The molecule has 0 radical (unpaired) electrons. The van der Waals surface area contributed by atoms with Crippen LogP contribution in [0, 0.1) is 11.8 Å². The number of nitrogens with one attached hydrogen (secondary N) is 1. The van der Waals surface area contributed by atoms with Gasteiger partial charge in [-0.1, -0.05) is 11.6 Å². The van der Waals surface area contributed by atoms with E-state index >= 15 is 0 Å². The molecule has 3 heterocycles. The molecule has 138 valence electrons. The van der Waals surface area contributed by atoms with Gasteiger partial charge >= 0.3 is 0 Å². The minimum Gasteiger partial charge on any atom is -0.351 e. The predicted octanol–water partition coefficient (Wildman–Crippen LogP) is 1.54. The van der Waals surface area contributed by atoms with Gasteiger partial charge in [-0.2, -0.15) is 0 Å². The highest BCUT2D eigenvalue weighted by molar-refractivity contribution is 6.30. The van der Waals surface area contributed by atoms with Crippen LogP contribution in [-0.2, 0) is 9.59 Å². The number of nitrogens with zero attached hydrogens (tertiary/aromatic N) is 2. The lowest BCUT2D eigenvalue weighted by atomic mass is 9.94. The van der Waals surface area contributed by atoms with Gasteiger partial charge in [0.2, 0.25) is 11.8 Å². The van der Waals surface area contributed by atoms with Crippen molar-refractivity contribution >= 4 is 29.3 Å². The average molecular weight is 376 g/mol. The largest absolute Gasteiger partial charge is 0.351 e. The van der Waals surface area contributed by atoms with Gasteiger partial charge in [0.15, 0.2) is 0 Å². The minimum atomic E-state index is -0.0289. The fraction of sp³-hybridized carbons (Fsp3) is 0.526. The maximum Gasteiger partial charge on any atom is 0.253 e. The van der Waals surface area contributed by atoms with Gasteiger partial charge in [0.05, 0.1) is 6.04 Å². The van der Waals surface area contributed by atoms with Crippen LogP contribution in [0.2, 0.25) is 5.02 Å². The molecule has 2 atom stereocenters. The molecule has 3 aliphatic heterocycles. The second kappa shape index (κ2) is 6.91. The Morgan fingerprint density at radius 3 is 2.38 bits per heavy atom. The van der Waals surface area contributed by atoms with Crippen molar-refractivity contribution < 1.29 is 14.4 Å².